The van der Waals surface area contributed by atoms with Crippen molar-refractivity contribution < 1.29 is 57.5 Å². The predicted molar refractivity (Wildman–Crippen MR) is 156 cm³/mol. The molecule has 5 rings (SSSR count). The first kappa shape index (κ1) is 35.9. The van der Waals surface area contributed by atoms with Gasteiger partial charge >= 0.3 is 12.4 Å². The van der Waals surface area contributed by atoms with E-state index in [0.29, 0.717) is 24.3 Å². The van der Waals surface area contributed by atoms with E-state index in [9.17, 15) is 52.7 Å². The molecule has 1 aliphatic carbocycles. The van der Waals surface area contributed by atoms with Crippen molar-refractivity contribution in [1.29, 1.82) is 0 Å². The molecule has 1 aliphatic rings. The molecule has 4 aromatic rings. The number of halogens is 9. The van der Waals surface area contributed by atoms with Crippen molar-refractivity contribution in [1.82, 2.24) is 10.3 Å². The molecule has 0 aliphatic heterocycles. The van der Waals surface area contributed by atoms with Gasteiger partial charge in [0.05, 0.1) is 11.5 Å². The summed E-state index contributed by atoms with van der Waals surface area (Å²) in [5.74, 6) is -4.22. The Kier molecular flexibility index (Phi) is 9.60. The highest BCUT2D eigenvalue weighted by Crippen LogP contribution is 2.55. The van der Waals surface area contributed by atoms with Crippen LogP contribution in [0.25, 0.3) is 0 Å². The molecule has 1 N–H and O–H groups in total. The number of benzene rings is 3. The average molecular weight is 717 g/mol. The lowest BCUT2D eigenvalue weighted by Gasteiger charge is -2.38. The van der Waals surface area contributed by atoms with E-state index in [-0.39, 0.29) is 35.3 Å². The molecule has 1 aromatic heterocycles. The molecule has 1 saturated carbocycles. The largest absolute Gasteiger partial charge is 0.430 e. The normalized spacial score (nSPS) is 18.8. The SMILES string of the molecule is O=C(NC1CCC(c2ccc(C(OCc3c(F)cccc3F)(C(F)(F)F)C(F)(F)F)cc2)(S(=O)(=O)c2ccc(F)cc2)C1)c1ccncc1. The molecule has 2 unspecified atom stereocenters. The van der Waals surface area contributed by atoms with Gasteiger partial charge in [-0.25, -0.2) is 21.6 Å². The third-order valence-corrected chi connectivity index (χ3v) is 11.0. The lowest BCUT2D eigenvalue weighted by molar-refractivity contribution is -0.392. The summed E-state index contributed by atoms with van der Waals surface area (Å²) in [6.07, 6.45) is -10.3. The van der Waals surface area contributed by atoms with Crippen LogP contribution in [0.1, 0.15) is 46.3 Å². The summed E-state index contributed by atoms with van der Waals surface area (Å²) in [6, 6.07) is 10.1. The first-order valence-corrected chi connectivity index (χ1v) is 15.9. The van der Waals surface area contributed by atoms with Crippen LogP contribution in [0.15, 0.2) is 96.2 Å². The maximum atomic E-state index is 14.5. The number of pyridine rings is 1. The molecule has 49 heavy (non-hydrogen) atoms. The van der Waals surface area contributed by atoms with Crippen LogP contribution >= 0.6 is 0 Å². The summed E-state index contributed by atoms with van der Waals surface area (Å²) in [7, 11) is -4.55. The number of aromatic nitrogens is 1. The molecule has 6 nitrogen and oxygen atoms in total. The van der Waals surface area contributed by atoms with Gasteiger partial charge < -0.3 is 10.1 Å². The summed E-state index contributed by atoms with van der Waals surface area (Å²) >= 11 is 0. The number of ether oxygens (including phenoxy) is 1. The van der Waals surface area contributed by atoms with Crippen molar-refractivity contribution in [3.05, 3.63) is 131 Å². The van der Waals surface area contributed by atoms with E-state index in [2.05, 4.69) is 15.0 Å². The van der Waals surface area contributed by atoms with E-state index in [1.165, 1.54) is 24.5 Å². The van der Waals surface area contributed by atoms with Crippen LogP contribution in [0.2, 0.25) is 0 Å². The maximum Gasteiger partial charge on any atom is 0.430 e. The molecule has 1 amide bonds. The van der Waals surface area contributed by atoms with Crippen molar-refractivity contribution in [3.8, 4) is 0 Å². The number of carbonyl (C=O) groups is 1. The Morgan fingerprint density at radius 1 is 0.837 bits per heavy atom. The Balaban J connectivity index is 1.58. The van der Waals surface area contributed by atoms with E-state index in [0.717, 1.165) is 42.5 Å². The molecular formula is C33H25F9N2O4S. The van der Waals surface area contributed by atoms with Gasteiger partial charge in [-0.05, 0) is 73.4 Å². The van der Waals surface area contributed by atoms with E-state index < -0.39 is 79.7 Å². The molecule has 260 valence electrons. The third-order valence-electron chi connectivity index (χ3n) is 8.50. The minimum Gasteiger partial charge on any atom is -0.349 e. The van der Waals surface area contributed by atoms with Gasteiger partial charge in [-0.2, -0.15) is 26.3 Å². The van der Waals surface area contributed by atoms with Crippen LogP contribution in [0, 0.1) is 17.5 Å². The number of sulfone groups is 1. The molecule has 2 atom stereocenters. The number of nitrogens with one attached hydrogen (secondary N) is 1. The molecule has 0 saturated heterocycles. The van der Waals surface area contributed by atoms with Gasteiger partial charge in [0, 0.05) is 35.1 Å². The minimum atomic E-state index is -6.22. The highest BCUT2D eigenvalue weighted by Gasteiger charge is 2.73. The second-order valence-electron chi connectivity index (χ2n) is 11.3. The fraction of sp³-hybridized carbons (Fsp3) is 0.273. The molecule has 1 fully saturated rings. The van der Waals surface area contributed by atoms with Gasteiger partial charge in [-0.1, -0.05) is 30.3 Å². The van der Waals surface area contributed by atoms with Crippen LogP contribution in [0.3, 0.4) is 0 Å². The zero-order valence-corrected chi connectivity index (χ0v) is 25.8. The Morgan fingerprint density at radius 2 is 1.41 bits per heavy atom. The Labute approximate surface area is 273 Å². The first-order valence-electron chi connectivity index (χ1n) is 14.5. The van der Waals surface area contributed by atoms with Gasteiger partial charge in [-0.3, -0.25) is 9.78 Å². The monoisotopic (exact) mass is 716 g/mol. The van der Waals surface area contributed by atoms with Gasteiger partial charge in [-0.15, -0.1) is 0 Å². The Morgan fingerprint density at radius 3 is 1.96 bits per heavy atom. The van der Waals surface area contributed by atoms with E-state index in [1.807, 2.05) is 0 Å². The maximum absolute atomic E-state index is 14.5. The van der Waals surface area contributed by atoms with Crippen LogP contribution in [-0.4, -0.2) is 37.7 Å². The van der Waals surface area contributed by atoms with Crippen molar-refractivity contribution in [2.75, 3.05) is 0 Å². The smallest absolute Gasteiger partial charge is 0.349 e. The molecule has 1 heterocycles. The van der Waals surface area contributed by atoms with Crippen LogP contribution in [0.5, 0.6) is 0 Å². The Hall–Kier alpha value is -4.44. The number of carbonyl (C=O) groups excluding carboxylic acids is 1. The molecule has 3 aromatic carbocycles. The standard InChI is InChI=1S/C33H25F9N2O4S/c34-23-8-10-25(11-9-23)49(46,47)30(15-12-24(18-30)44-29(45)20-13-16-43-17-14-20)21-4-6-22(7-5-21)31(32(37,38)39,33(40,41)42)48-19-26-27(35)2-1-3-28(26)36/h1-11,13-14,16-17,24H,12,15,18-19H2,(H,44,45). The molecule has 0 spiro atoms. The first-order chi connectivity index (χ1) is 22.9. The number of amides is 1. The number of hydrogen-bond acceptors (Lipinski definition) is 5. The van der Waals surface area contributed by atoms with Crippen LogP contribution < -0.4 is 5.32 Å². The zero-order valence-electron chi connectivity index (χ0n) is 25.0. The topological polar surface area (TPSA) is 85.4 Å². The van der Waals surface area contributed by atoms with Crippen molar-refractivity contribution >= 4 is 15.7 Å². The summed E-state index contributed by atoms with van der Waals surface area (Å²) < 4.78 is 160. The van der Waals surface area contributed by atoms with Gasteiger partial charge in [0.15, 0.2) is 9.84 Å². The summed E-state index contributed by atoms with van der Waals surface area (Å²) in [6.45, 7) is -1.76. The second kappa shape index (κ2) is 13.1. The molecular weight excluding hydrogens is 691 g/mol. The number of alkyl halides is 6. The predicted octanol–water partition coefficient (Wildman–Crippen LogP) is 7.69. The third kappa shape index (κ3) is 6.50. The minimum absolute atomic E-state index is 0.0331. The second-order valence-corrected chi connectivity index (χ2v) is 13.6. The fourth-order valence-electron chi connectivity index (χ4n) is 6.00. The van der Waals surface area contributed by atoms with Crippen LogP contribution in [-0.2, 0) is 31.5 Å². The van der Waals surface area contributed by atoms with Crippen molar-refractivity contribution in [2.45, 2.75) is 59.5 Å². The summed E-state index contributed by atoms with van der Waals surface area (Å²) in [5, 5.41) is 2.70. The number of nitrogens with zero attached hydrogens (tertiary/aromatic N) is 1. The highest BCUT2D eigenvalue weighted by atomic mass is 32.2. The molecule has 0 radical (unpaired) electrons. The van der Waals surface area contributed by atoms with E-state index in [4.69, 9.17) is 0 Å². The van der Waals surface area contributed by atoms with Gasteiger partial charge in [0.25, 0.3) is 11.5 Å². The summed E-state index contributed by atoms with van der Waals surface area (Å²) in [5.41, 5.74) is -7.83. The number of rotatable bonds is 9. The molecule has 0 bridgehead atoms. The number of hydrogen-bond donors (Lipinski definition) is 1. The fourth-order valence-corrected chi connectivity index (χ4v) is 8.20. The molecule has 16 heteroatoms. The highest BCUT2D eigenvalue weighted by molar-refractivity contribution is 7.92. The van der Waals surface area contributed by atoms with E-state index in [1.54, 1.807) is 0 Å². The summed E-state index contributed by atoms with van der Waals surface area (Å²) in [4.78, 5) is 16.3. The Bertz CT molecular complexity index is 1880. The lowest BCUT2D eigenvalue weighted by Crippen LogP contribution is -2.56. The van der Waals surface area contributed by atoms with Crippen molar-refractivity contribution in [2.24, 2.45) is 0 Å². The average Bonchev–Trinajstić information content (AvgIpc) is 3.47. The van der Waals surface area contributed by atoms with Crippen molar-refractivity contribution in [3.63, 3.8) is 0 Å². The zero-order chi connectivity index (χ0) is 35.8. The lowest BCUT2D eigenvalue weighted by atomic mass is 9.88. The quantitative estimate of drug-likeness (QED) is 0.142. The van der Waals surface area contributed by atoms with Gasteiger partial charge in [0.2, 0.25) is 0 Å². The van der Waals surface area contributed by atoms with Crippen LogP contribution in [0.4, 0.5) is 39.5 Å². The van der Waals surface area contributed by atoms with E-state index >= 15 is 0 Å². The van der Waals surface area contributed by atoms with Gasteiger partial charge in [0.1, 0.15) is 22.2 Å².